The molecule has 2 atom stereocenters. The molecule has 10 heteroatoms. The Balaban J connectivity index is 4.08. The van der Waals surface area contributed by atoms with E-state index in [-0.39, 0.29) is 32.6 Å². The summed E-state index contributed by atoms with van der Waals surface area (Å²) in [7, 11) is -4.39. The molecule has 0 aromatic heterocycles. The number of hydrogen-bond acceptors (Lipinski definition) is 8. The molecule has 57 heavy (non-hydrogen) atoms. The molecule has 0 bridgehead atoms. The molecule has 0 aliphatic carbocycles. The normalized spacial score (nSPS) is 13.8. The fraction of sp³-hybridized carbons (Fsp3) is 0.745. The largest absolute Gasteiger partial charge is 0.472 e. The van der Waals surface area contributed by atoms with E-state index in [9.17, 15) is 19.0 Å². The van der Waals surface area contributed by atoms with Crippen LogP contribution in [0.15, 0.2) is 60.8 Å². The van der Waals surface area contributed by atoms with Crippen LogP contribution in [0.2, 0.25) is 0 Å². The third-order valence-electron chi connectivity index (χ3n) is 9.39. The molecule has 9 nitrogen and oxygen atoms in total. The zero-order chi connectivity index (χ0) is 41.8. The van der Waals surface area contributed by atoms with Gasteiger partial charge in [-0.05, 0) is 77.0 Å². The van der Waals surface area contributed by atoms with Crippen LogP contribution in [-0.2, 0) is 32.7 Å². The summed E-state index contributed by atoms with van der Waals surface area (Å²) >= 11 is 0. The SMILES string of the molecule is CC/C=C\C/C=C\C/C=C\CCCCCC(=O)OC(COC(=O)CCCCCCCCCCCCC/C=C\C/C=C\CCCCCCC)COP(=O)(O)OCCN. The maximum atomic E-state index is 12.6. The molecule has 3 N–H and O–H groups in total. The van der Waals surface area contributed by atoms with Crippen LogP contribution in [0.25, 0.3) is 0 Å². The van der Waals surface area contributed by atoms with Gasteiger partial charge in [-0.15, -0.1) is 0 Å². The van der Waals surface area contributed by atoms with Gasteiger partial charge in [0, 0.05) is 19.4 Å². The summed E-state index contributed by atoms with van der Waals surface area (Å²) in [4.78, 5) is 34.9. The summed E-state index contributed by atoms with van der Waals surface area (Å²) in [6.45, 7) is 3.57. The topological polar surface area (TPSA) is 134 Å². The number of phosphoric ester groups is 1. The molecule has 2 unspecified atom stereocenters. The van der Waals surface area contributed by atoms with Crippen molar-refractivity contribution in [3.63, 3.8) is 0 Å². The molecular formula is C47H84NO8P. The Labute approximate surface area is 349 Å². The van der Waals surface area contributed by atoms with Crippen LogP contribution in [0.4, 0.5) is 0 Å². The van der Waals surface area contributed by atoms with E-state index in [0.717, 1.165) is 64.2 Å². The molecule has 0 radical (unpaired) electrons. The van der Waals surface area contributed by atoms with E-state index in [1.165, 1.54) is 96.3 Å². The van der Waals surface area contributed by atoms with Gasteiger partial charge in [0.1, 0.15) is 6.61 Å². The molecular weight excluding hydrogens is 737 g/mol. The smallest absolute Gasteiger partial charge is 0.462 e. The summed E-state index contributed by atoms with van der Waals surface area (Å²) in [6, 6.07) is 0. The zero-order valence-electron chi connectivity index (χ0n) is 36.3. The van der Waals surface area contributed by atoms with Crippen LogP contribution >= 0.6 is 7.82 Å². The van der Waals surface area contributed by atoms with Crippen molar-refractivity contribution < 1.29 is 37.6 Å². The van der Waals surface area contributed by atoms with E-state index >= 15 is 0 Å². The predicted molar refractivity (Wildman–Crippen MR) is 238 cm³/mol. The maximum Gasteiger partial charge on any atom is 0.472 e. The van der Waals surface area contributed by atoms with E-state index in [4.69, 9.17) is 24.3 Å². The van der Waals surface area contributed by atoms with Gasteiger partial charge in [0.15, 0.2) is 6.10 Å². The lowest BCUT2D eigenvalue weighted by Crippen LogP contribution is -2.29. The summed E-state index contributed by atoms with van der Waals surface area (Å²) < 4.78 is 32.7. The van der Waals surface area contributed by atoms with E-state index in [0.29, 0.717) is 6.42 Å². The minimum absolute atomic E-state index is 0.0459. The summed E-state index contributed by atoms with van der Waals surface area (Å²) in [6.07, 6.45) is 51.2. The van der Waals surface area contributed by atoms with Crippen LogP contribution in [0, 0.1) is 0 Å². The molecule has 0 saturated carbocycles. The Morgan fingerprint density at radius 2 is 0.965 bits per heavy atom. The highest BCUT2D eigenvalue weighted by molar-refractivity contribution is 7.47. The average Bonchev–Trinajstić information content (AvgIpc) is 3.20. The Morgan fingerprint density at radius 3 is 1.46 bits per heavy atom. The Morgan fingerprint density at radius 1 is 0.544 bits per heavy atom. The van der Waals surface area contributed by atoms with E-state index < -0.39 is 32.5 Å². The van der Waals surface area contributed by atoms with Gasteiger partial charge in [-0.25, -0.2) is 4.57 Å². The summed E-state index contributed by atoms with van der Waals surface area (Å²) in [5, 5.41) is 0. The second-order valence-corrected chi connectivity index (χ2v) is 16.3. The molecule has 0 aliphatic heterocycles. The molecule has 0 fully saturated rings. The number of phosphoric acid groups is 1. The molecule has 0 saturated heterocycles. The third-order valence-corrected chi connectivity index (χ3v) is 10.4. The quantitative estimate of drug-likeness (QED) is 0.0267. The highest BCUT2D eigenvalue weighted by Crippen LogP contribution is 2.43. The molecule has 0 amide bonds. The van der Waals surface area contributed by atoms with Gasteiger partial charge in [0.25, 0.3) is 0 Å². The van der Waals surface area contributed by atoms with Crippen molar-refractivity contribution in [3.05, 3.63) is 60.8 Å². The number of esters is 2. The van der Waals surface area contributed by atoms with Crippen LogP contribution in [0.1, 0.15) is 194 Å². The molecule has 0 aromatic carbocycles. The van der Waals surface area contributed by atoms with Gasteiger partial charge in [0.2, 0.25) is 0 Å². The van der Waals surface area contributed by atoms with Crippen molar-refractivity contribution in [2.45, 2.75) is 200 Å². The summed E-state index contributed by atoms with van der Waals surface area (Å²) in [5.41, 5.74) is 5.34. The molecule has 330 valence electrons. The number of carbonyl (C=O) groups excluding carboxylic acids is 2. The van der Waals surface area contributed by atoms with Gasteiger partial charge in [0.05, 0.1) is 13.2 Å². The zero-order valence-corrected chi connectivity index (χ0v) is 37.2. The van der Waals surface area contributed by atoms with Crippen LogP contribution in [0.5, 0.6) is 0 Å². The Bertz CT molecular complexity index is 1120. The van der Waals surface area contributed by atoms with Crippen LogP contribution in [-0.4, -0.2) is 49.3 Å². The molecule has 0 aromatic rings. The van der Waals surface area contributed by atoms with E-state index in [1.54, 1.807) is 0 Å². The minimum Gasteiger partial charge on any atom is -0.462 e. The fourth-order valence-electron chi connectivity index (χ4n) is 6.03. The first-order valence-electron chi connectivity index (χ1n) is 22.8. The van der Waals surface area contributed by atoms with Crippen molar-refractivity contribution in [1.82, 2.24) is 0 Å². The molecule has 0 rings (SSSR count). The van der Waals surface area contributed by atoms with E-state index in [2.05, 4.69) is 74.6 Å². The Kier molecular flexibility index (Phi) is 41.6. The first kappa shape index (κ1) is 54.7. The van der Waals surface area contributed by atoms with Crippen molar-refractivity contribution in [1.29, 1.82) is 0 Å². The van der Waals surface area contributed by atoms with Gasteiger partial charge in [-0.3, -0.25) is 18.6 Å². The predicted octanol–water partition coefficient (Wildman–Crippen LogP) is 13.3. The number of carbonyl (C=O) groups is 2. The second kappa shape index (κ2) is 43.3. The highest BCUT2D eigenvalue weighted by Gasteiger charge is 2.26. The van der Waals surface area contributed by atoms with Gasteiger partial charge in [-0.1, -0.05) is 164 Å². The van der Waals surface area contributed by atoms with Crippen molar-refractivity contribution in [2.75, 3.05) is 26.4 Å². The number of hydrogen-bond donors (Lipinski definition) is 2. The highest BCUT2D eigenvalue weighted by atomic mass is 31.2. The average molecular weight is 822 g/mol. The molecule has 0 aliphatic rings. The first-order chi connectivity index (χ1) is 27.8. The number of unbranched alkanes of at least 4 members (excludes halogenated alkanes) is 19. The number of ether oxygens (including phenoxy) is 2. The number of nitrogens with two attached hydrogens (primary N) is 1. The monoisotopic (exact) mass is 822 g/mol. The minimum atomic E-state index is -4.39. The van der Waals surface area contributed by atoms with Crippen LogP contribution < -0.4 is 5.73 Å². The number of allylic oxidation sites excluding steroid dienone is 10. The third kappa shape index (κ3) is 43.1. The van der Waals surface area contributed by atoms with Gasteiger partial charge >= 0.3 is 19.8 Å². The van der Waals surface area contributed by atoms with Gasteiger partial charge < -0.3 is 20.1 Å². The maximum absolute atomic E-state index is 12.6. The van der Waals surface area contributed by atoms with Crippen LogP contribution in [0.3, 0.4) is 0 Å². The van der Waals surface area contributed by atoms with E-state index in [1.807, 2.05) is 0 Å². The first-order valence-corrected chi connectivity index (χ1v) is 24.3. The standard InChI is InChI=1S/C47H84NO8P/c1-3-5-7-9-11-13-15-17-18-19-20-21-22-23-24-25-26-28-29-31-33-35-37-39-46(49)53-43-45(44-55-57(51,52)54-42-41-48)56-47(50)40-38-36-34-32-30-27-16-14-12-10-8-6-4-2/h6,8,12,14-15,17,19-20,27,30,45H,3-5,7,9-11,13,16,18,21-26,28-29,31-44,48H2,1-2H3,(H,51,52)/b8-6-,14-12-,17-15-,20-19-,30-27-. The van der Waals surface area contributed by atoms with Crippen molar-refractivity contribution in [2.24, 2.45) is 5.73 Å². The molecule has 0 spiro atoms. The lowest BCUT2D eigenvalue weighted by molar-refractivity contribution is -0.161. The van der Waals surface area contributed by atoms with Gasteiger partial charge in [-0.2, -0.15) is 0 Å². The fourth-order valence-corrected chi connectivity index (χ4v) is 6.80. The second-order valence-electron chi connectivity index (χ2n) is 14.9. The van der Waals surface area contributed by atoms with Crippen molar-refractivity contribution in [3.8, 4) is 0 Å². The summed E-state index contributed by atoms with van der Waals surface area (Å²) in [5.74, 6) is -0.867. The molecule has 0 heterocycles. The number of rotatable bonds is 42. The van der Waals surface area contributed by atoms with Crippen molar-refractivity contribution >= 4 is 19.8 Å². The Hall–Kier alpha value is -2.29. The lowest BCUT2D eigenvalue weighted by Gasteiger charge is -2.19. The lowest BCUT2D eigenvalue weighted by atomic mass is 10.0.